The van der Waals surface area contributed by atoms with E-state index in [4.69, 9.17) is 0 Å². The van der Waals surface area contributed by atoms with Crippen LogP contribution in [0.2, 0.25) is 0 Å². The van der Waals surface area contributed by atoms with E-state index in [1.165, 1.54) is 64.2 Å². The fourth-order valence-electron chi connectivity index (χ4n) is 4.97. The van der Waals surface area contributed by atoms with Crippen LogP contribution in [0.3, 0.4) is 0 Å². The Bertz CT molecular complexity index is 409. The third-order valence-electron chi connectivity index (χ3n) is 6.87. The van der Waals surface area contributed by atoms with Gasteiger partial charge in [-0.05, 0) is 31.8 Å². The molecule has 0 N–H and O–H groups in total. The van der Waals surface area contributed by atoms with Gasteiger partial charge in [-0.2, -0.15) is 0 Å². The Labute approximate surface area is 170 Å². The van der Waals surface area contributed by atoms with Gasteiger partial charge in [-0.1, -0.05) is 72.1 Å². The van der Waals surface area contributed by atoms with Crippen molar-refractivity contribution in [3.8, 4) is 0 Å². The Hall–Kier alpha value is -0.410. The minimum Gasteiger partial charge on any atom is -0.309 e. The van der Waals surface area contributed by atoms with Crippen molar-refractivity contribution in [2.24, 2.45) is 11.3 Å². The van der Waals surface area contributed by atoms with Crippen LogP contribution in [-0.4, -0.2) is 56.1 Å². The number of piperidine rings is 1. The maximum Gasteiger partial charge on any atom is 0.313 e. The summed E-state index contributed by atoms with van der Waals surface area (Å²) < 4.78 is 0.686. The van der Waals surface area contributed by atoms with E-state index >= 15 is 0 Å². The van der Waals surface area contributed by atoms with Gasteiger partial charge < -0.3 is 4.90 Å². The van der Waals surface area contributed by atoms with Gasteiger partial charge in [0.1, 0.15) is 0 Å². The highest BCUT2D eigenvalue weighted by molar-refractivity contribution is 5.68. The Kier molecular flexibility index (Phi) is 11.1. The van der Waals surface area contributed by atoms with Crippen LogP contribution in [-0.2, 0) is 4.79 Å². The van der Waals surface area contributed by atoms with E-state index in [9.17, 15) is 4.79 Å². The second kappa shape index (κ2) is 12.2. The highest BCUT2D eigenvalue weighted by atomic mass is 16.2. The average Bonchev–Trinajstić information content (AvgIpc) is 2.59. The number of hydrogen-bond donors (Lipinski definition) is 0. The van der Waals surface area contributed by atoms with Crippen molar-refractivity contribution >= 4 is 5.91 Å². The zero-order valence-corrected chi connectivity index (χ0v) is 19.5. The first-order valence-electron chi connectivity index (χ1n) is 11.7. The molecule has 1 aliphatic rings. The van der Waals surface area contributed by atoms with Crippen LogP contribution in [0.4, 0.5) is 0 Å². The van der Waals surface area contributed by atoms with E-state index in [1.807, 2.05) is 0 Å². The number of nitrogens with zero attached hydrogens (tertiary/aromatic N) is 2. The molecule has 0 aromatic rings. The zero-order valence-electron chi connectivity index (χ0n) is 19.5. The topological polar surface area (TPSA) is 20.3 Å². The van der Waals surface area contributed by atoms with Crippen LogP contribution in [0.25, 0.3) is 0 Å². The molecule has 1 amide bonds. The molecular weight excluding hydrogens is 332 g/mol. The third-order valence-corrected chi connectivity index (χ3v) is 6.87. The number of quaternary nitrogens is 1. The quantitative estimate of drug-likeness (QED) is 0.293. The summed E-state index contributed by atoms with van der Waals surface area (Å²) >= 11 is 0. The molecule has 0 radical (unpaired) electrons. The minimum absolute atomic E-state index is 0.342. The van der Waals surface area contributed by atoms with E-state index in [0.29, 0.717) is 15.8 Å². The molecule has 0 spiro atoms. The molecule has 0 aromatic carbocycles. The minimum atomic E-state index is 0.342. The molecule has 1 aliphatic heterocycles. The van der Waals surface area contributed by atoms with Gasteiger partial charge in [0, 0.05) is 19.4 Å². The molecular formula is C24H49N2O+. The van der Waals surface area contributed by atoms with Crippen molar-refractivity contribution in [2.75, 3.05) is 40.8 Å². The largest absolute Gasteiger partial charge is 0.313 e. The lowest BCUT2D eigenvalue weighted by Gasteiger charge is -2.44. The van der Waals surface area contributed by atoms with E-state index < -0.39 is 0 Å². The molecule has 0 unspecified atom stereocenters. The third kappa shape index (κ3) is 9.09. The summed E-state index contributed by atoms with van der Waals surface area (Å²) in [5.74, 6) is 1.23. The second-order valence-corrected chi connectivity index (χ2v) is 10.3. The fraction of sp³-hybridized carbons (Fsp3) is 0.958. The summed E-state index contributed by atoms with van der Waals surface area (Å²) in [4.78, 5) is 15.1. The first kappa shape index (κ1) is 24.6. The highest BCUT2D eigenvalue weighted by Gasteiger charge is 2.41. The number of rotatable bonds is 13. The van der Waals surface area contributed by atoms with Crippen molar-refractivity contribution in [3.05, 3.63) is 0 Å². The lowest BCUT2D eigenvalue weighted by molar-refractivity contribution is -0.842. The first-order chi connectivity index (χ1) is 12.7. The second-order valence-electron chi connectivity index (χ2n) is 10.3. The van der Waals surface area contributed by atoms with Gasteiger partial charge in [0.25, 0.3) is 0 Å². The Morgan fingerprint density at radius 1 is 0.926 bits per heavy atom. The summed E-state index contributed by atoms with van der Waals surface area (Å²) in [6.07, 6.45) is 15.1. The molecule has 0 atom stereocenters. The molecule has 0 saturated carbocycles. The van der Waals surface area contributed by atoms with Gasteiger partial charge >= 0.3 is 5.91 Å². The van der Waals surface area contributed by atoms with Crippen molar-refractivity contribution in [3.63, 3.8) is 0 Å². The molecule has 1 saturated heterocycles. The van der Waals surface area contributed by atoms with Crippen LogP contribution in [0.1, 0.15) is 97.8 Å². The molecule has 3 nitrogen and oxygen atoms in total. The first-order valence-corrected chi connectivity index (χ1v) is 11.7. The molecule has 160 valence electrons. The van der Waals surface area contributed by atoms with Gasteiger partial charge in [-0.25, -0.2) is 4.79 Å². The highest BCUT2D eigenvalue weighted by Crippen LogP contribution is 2.37. The van der Waals surface area contributed by atoms with Crippen molar-refractivity contribution in [2.45, 2.75) is 97.8 Å². The summed E-state index contributed by atoms with van der Waals surface area (Å²) in [5.41, 5.74) is 0.342. The molecule has 3 heteroatoms. The summed E-state index contributed by atoms with van der Waals surface area (Å²) in [6, 6.07) is 0. The van der Waals surface area contributed by atoms with Gasteiger partial charge in [0.2, 0.25) is 0 Å². The fourth-order valence-corrected chi connectivity index (χ4v) is 4.97. The molecule has 1 heterocycles. The molecule has 1 fully saturated rings. The maximum atomic E-state index is 12.8. The predicted octanol–water partition coefficient (Wildman–Crippen LogP) is 5.88. The Balaban J connectivity index is 2.22. The number of carbonyl (C=O) groups excluding carboxylic acids is 1. The van der Waals surface area contributed by atoms with Gasteiger partial charge in [-0.15, -0.1) is 0 Å². The van der Waals surface area contributed by atoms with Crippen molar-refractivity contribution in [1.29, 1.82) is 0 Å². The number of hydrogen-bond acceptors (Lipinski definition) is 2. The maximum absolute atomic E-state index is 12.8. The molecule has 0 aromatic heterocycles. The van der Waals surface area contributed by atoms with Gasteiger partial charge in [-0.3, -0.25) is 4.48 Å². The lowest BCUT2D eigenvalue weighted by Crippen LogP contribution is -2.55. The van der Waals surface area contributed by atoms with E-state index in [2.05, 4.69) is 46.8 Å². The monoisotopic (exact) mass is 381 g/mol. The van der Waals surface area contributed by atoms with E-state index in [-0.39, 0.29) is 0 Å². The molecule has 1 rings (SSSR count). The number of carbonyl (C=O) groups is 1. The van der Waals surface area contributed by atoms with Crippen molar-refractivity contribution < 1.29 is 9.28 Å². The predicted molar refractivity (Wildman–Crippen MR) is 118 cm³/mol. The van der Waals surface area contributed by atoms with Crippen LogP contribution in [0.15, 0.2) is 0 Å². The zero-order chi connectivity index (χ0) is 20.3. The van der Waals surface area contributed by atoms with Crippen molar-refractivity contribution in [1.82, 2.24) is 4.90 Å². The van der Waals surface area contributed by atoms with Crippen LogP contribution in [0, 0.1) is 11.3 Å². The summed E-state index contributed by atoms with van der Waals surface area (Å²) in [7, 11) is 6.52. The Morgan fingerprint density at radius 3 is 1.89 bits per heavy atom. The van der Waals surface area contributed by atoms with E-state index in [0.717, 1.165) is 38.4 Å². The standard InChI is InChI=1S/C24H49N2O/c1-7-8-9-10-11-12-13-14-15-16-23(27)26(6)19-17-22(18-20-26)24(2,3)21-25(4)5/h22H,7-21H2,1-6H3/q+1. The molecule has 27 heavy (non-hydrogen) atoms. The van der Waals surface area contributed by atoms with Gasteiger partial charge in [0.15, 0.2) is 0 Å². The van der Waals surface area contributed by atoms with Gasteiger partial charge in [0.05, 0.1) is 26.6 Å². The summed E-state index contributed by atoms with van der Waals surface area (Å²) in [6.45, 7) is 10.3. The number of unbranched alkanes of at least 4 members (excludes halogenated alkanes) is 8. The average molecular weight is 382 g/mol. The Morgan fingerprint density at radius 2 is 1.41 bits per heavy atom. The smallest absolute Gasteiger partial charge is 0.309 e. The normalized spacial score (nSPS) is 23.7. The summed E-state index contributed by atoms with van der Waals surface area (Å²) in [5, 5.41) is 0. The molecule has 0 bridgehead atoms. The number of likely N-dealkylation sites (tertiary alicyclic amines) is 1. The van der Waals surface area contributed by atoms with Crippen LogP contribution in [0.5, 0.6) is 0 Å². The molecule has 0 aliphatic carbocycles. The van der Waals surface area contributed by atoms with Crippen LogP contribution >= 0.6 is 0 Å². The lowest BCUT2D eigenvalue weighted by atomic mass is 9.73. The number of amides is 1. The SMILES string of the molecule is CCCCCCCCCCCC(=O)[N+]1(C)CCC(C(C)(C)CN(C)C)CC1. The van der Waals surface area contributed by atoms with E-state index in [1.54, 1.807) is 0 Å². The van der Waals surface area contributed by atoms with Crippen LogP contribution < -0.4 is 0 Å².